The molecular weight excluding hydrogens is 364 g/mol. The Bertz CT molecular complexity index is 634. The lowest BCUT2D eigenvalue weighted by Gasteiger charge is -2.56. The molecule has 158 valence electrons. The van der Waals surface area contributed by atoms with Crippen LogP contribution < -0.4 is 4.72 Å². The first-order valence-corrected chi connectivity index (χ1v) is 12.3. The number of amides is 1. The zero-order chi connectivity index (χ0) is 20.6. The summed E-state index contributed by atoms with van der Waals surface area (Å²) in [6.07, 6.45) is 4.13. The molecule has 0 radical (unpaired) electrons. The highest BCUT2D eigenvalue weighted by Crippen LogP contribution is 2.55. The molecule has 6 nitrogen and oxygen atoms in total. The third-order valence-corrected chi connectivity index (χ3v) is 8.09. The fourth-order valence-electron chi connectivity index (χ4n) is 5.74. The Labute approximate surface area is 165 Å². The summed E-state index contributed by atoms with van der Waals surface area (Å²) in [7, 11) is -3.29. The molecule has 0 aromatic heterocycles. The largest absolute Gasteiger partial charge is 0.392 e. The highest BCUT2D eigenvalue weighted by atomic mass is 32.2. The van der Waals surface area contributed by atoms with Crippen LogP contribution in [0.15, 0.2) is 0 Å². The highest BCUT2D eigenvalue weighted by molar-refractivity contribution is 7.88. The van der Waals surface area contributed by atoms with Crippen LogP contribution in [-0.2, 0) is 14.8 Å². The van der Waals surface area contributed by atoms with E-state index in [1.165, 1.54) is 6.26 Å². The lowest BCUT2D eigenvalue weighted by atomic mass is 9.52. The molecule has 0 heterocycles. The maximum Gasteiger partial charge on any atom is 0.225 e. The number of aliphatic hydroxyl groups is 1. The zero-order valence-corrected chi connectivity index (χ0v) is 18.6. The third-order valence-electron chi connectivity index (χ3n) is 7.36. The van der Waals surface area contributed by atoms with Gasteiger partial charge in [-0.1, -0.05) is 20.8 Å². The summed E-state index contributed by atoms with van der Waals surface area (Å²) in [5.74, 6) is -0.152. The number of carbonyl (C=O) groups is 1. The summed E-state index contributed by atoms with van der Waals surface area (Å²) in [5, 5.41) is 11.3. The van der Waals surface area contributed by atoms with E-state index in [-0.39, 0.29) is 41.0 Å². The van der Waals surface area contributed by atoms with E-state index < -0.39 is 16.1 Å². The van der Waals surface area contributed by atoms with Crippen molar-refractivity contribution in [2.24, 2.45) is 29.1 Å². The molecule has 0 saturated heterocycles. The Morgan fingerprint density at radius 3 is 2.33 bits per heavy atom. The molecule has 0 bridgehead atoms. The van der Waals surface area contributed by atoms with Gasteiger partial charge >= 0.3 is 0 Å². The zero-order valence-electron chi connectivity index (χ0n) is 17.7. The smallest absolute Gasteiger partial charge is 0.225 e. The normalized spacial score (nSPS) is 38.1. The SMILES string of the molecule is CCN(CC)C(=O)[C@@H](C)[C@@H]1CC[C@@]2(C)CC[C@H](NS(C)(=O)=O)[C@@H](C)[C@@H]2[C@H]1O. The van der Waals surface area contributed by atoms with Gasteiger partial charge in [0.25, 0.3) is 0 Å². The minimum atomic E-state index is -3.29. The van der Waals surface area contributed by atoms with Gasteiger partial charge in [0.2, 0.25) is 15.9 Å². The molecule has 0 aromatic rings. The van der Waals surface area contributed by atoms with E-state index in [2.05, 4.69) is 11.6 Å². The number of hydrogen-bond acceptors (Lipinski definition) is 4. The second kappa shape index (κ2) is 8.37. The molecule has 0 unspecified atom stereocenters. The number of nitrogens with zero attached hydrogens (tertiary/aromatic N) is 1. The van der Waals surface area contributed by atoms with Crippen LogP contribution in [0.5, 0.6) is 0 Å². The fraction of sp³-hybridized carbons (Fsp3) is 0.950. The number of nitrogens with one attached hydrogen (secondary N) is 1. The van der Waals surface area contributed by atoms with Gasteiger partial charge in [-0.25, -0.2) is 13.1 Å². The van der Waals surface area contributed by atoms with Crippen molar-refractivity contribution in [3.8, 4) is 0 Å². The van der Waals surface area contributed by atoms with Crippen LogP contribution in [0.1, 0.15) is 60.3 Å². The number of carbonyl (C=O) groups excluding carboxylic acids is 1. The number of sulfonamides is 1. The number of fused-ring (bicyclic) bond motifs is 1. The summed E-state index contributed by atoms with van der Waals surface area (Å²) < 4.78 is 26.3. The van der Waals surface area contributed by atoms with Gasteiger partial charge in [0, 0.05) is 25.0 Å². The van der Waals surface area contributed by atoms with Crippen LogP contribution in [0.4, 0.5) is 0 Å². The number of aliphatic hydroxyl groups excluding tert-OH is 1. The van der Waals surface area contributed by atoms with Crippen molar-refractivity contribution >= 4 is 15.9 Å². The molecule has 2 aliphatic carbocycles. The van der Waals surface area contributed by atoms with E-state index in [1.807, 2.05) is 32.6 Å². The average molecular weight is 403 g/mol. The van der Waals surface area contributed by atoms with Gasteiger partial charge in [0.1, 0.15) is 0 Å². The third kappa shape index (κ3) is 4.67. The molecule has 0 aliphatic heterocycles. The van der Waals surface area contributed by atoms with Crippen molar-refractivity contribution in [1.82, 2.24) is 9.62 Å². The van der Waals surface area contributed by atoms with Crippen LogP contribution in [0.3, 0.4) is 0 Å². The second-order valence-corrected chi connectivity index (χ2v) is 10.8. The standard InChI is InChI=1S/C20H38N2O4S/c1-7-22(8-2)19(24)13(3)15-9-11-20(5)12-10-16(21-27(6,25)26)14(4)17(20)18(15)23/h13-18,21,23H,7-12H2,1-6H3/t13-,14+,15-,16-,17+,18-,20-/m0/s1. The minimum Gasteiger partial charge on any atom is -0.392 e. The molecule has 2 rings (SSSR count). The van der Waals surface area contributed by atoms with Crippen molar-refractivity contribution < 1.29 is 18.3 Å². The van der Waals surface area contributed by atoms with Crippen LogP contribution in [0.25, 0.3) is 0 Å². The Kier molecular flexibility index (Phi) is 7.02. The van der Waals surface area contributed by atoms with Crippen molar-refractivity contribution in [2.75, 3.05) is 19.3 Å². The van der Waals surface area contributed by atoms with Gasteiger partial charge in [0.15, 0.2) is 0 Å². The Morgan fingerprint density at radius 1 is 1.26 bits per heavy atom. The Hall–Kier alpha value is -0.660. The van der Waals surface area contributed by atoms with Gasteiger partial charge in [-0.15, -0.1) is 0 Å². The predicted molar refractivity (Wildman–Crippen MR) is 108 cm³/mol. The van der Waals surface area contributed by atoms with E-state index >= 15 is 0 Å². The van der Waals surface area contributed by atoms with Crippen LogP contribution >= 0.6 is 0 Å². The van der Waals surface area contributed by atoms with Gasteiger partial charge in [-0.05, 0) is 62.7 Å². The first kappa shape index (κ1) is 22.6. The molecule has 2 saturated carbocycles. The van der Waals surface area contributed by atoms with Crippen LogP contribution in [0, 0.1) is 29.1 Å². The van der Waals surface area contributed by atoms with Crippen LogP contribution in [-0.4, -0.2) is 55.8 Å². The summed E-state index contributed by atoms with van der Waals surface area (Å²) in [6.45, 7) is 11.5. The van der Waals surface area contributed by atoms with E-state index in [9.17, 15) is 18.3 Å². The van der Waals surface area contributed by atoms with Gasteiger partial charge in [-0.3, -0.25) is 4.79 Å². The molecule has 0 aromatic carbocycles. The maximum atomic E-state index is 12.8. The molecule has 2 N–H and O–H groups in total. The monoisotopic (exact) mass is 402 g/mol. The predicted octanol–water partition coefficient (Wildman–Crippen LogP) is 2.23. The van der Waals surface area contributed by atoms with E-state index in [4.69, 9.17) is 0 Å². The summed E-state index contributed by atoms with van der Waals surface area (Å²) in [4.78, 5) is 14.7. The number of rotatable bonds is 6. The van der Waals surface area contributed by atoms with Crippen molar-refractivity contribution in [1.29, 1.82) is 0 Å². The van der Waals surface area contributed by atoms with Gasteiger partial charge in [-0.2, -0.15) is 0 Å². The Morgan fingerprint density at radius 2 is 1.81 bits per heavy atom. The summed E-state index contributed by atoms with van der Waals surface area (Å²) in [5.41, 5.74) is 0.00296. The molecule has 7 heteroatoms. The molecule has 1 amide bonds. The van der Waals surface area contributed by atoms with E-state index in [1.54, 1.807) is 0 Å². The topological polar surface area (TPSA) is 86.7 Å². The van der Waals surface area contributed by atoms with E-state index in [0.29, 0.717) is 13.1 Å². The summed E-state index contributed by atoms with van der Waals surface area (Å²) in [6, 6.07) is -0.153. The van der Waals surface area contributed by atoms with Crippen LogP contribution in [0.2, 0.25) is 0 Å². The molecular formula is C20H38N2O4S. The minimum absolute atomic E-state index is 0.00296. The number of hydrogen-bond donors (Lipinski definition) is 2. The molecule has 2 aliphatic rings. The fourth-order valence-corrected chi connectivity index (χ4v) is 6.62. The van der Waals surface area contributed by atoms with Gasteiger partial charge in [0.05, 0.1) is 12.4 Å². The molecule has 7 atom stereocenters. The van der Waals surface area contributed by atoms with E-state index in [0.717, 1.165) is 25.7 Å². The first-order chi connectivity index (χ1) is 12.4. The van der Waals surface area contributed by atoms with Gasteiger partial charge < -0.3 is 10.0 Å². The van der Waals surface area contributed by atoms with Crippen molar-refractivity contribution in [3.05, 3.63) is 0 Å². The first-order valence-electron chi connectivity index (χ1n) is 10.4. The lowest BCUT2D eigenvalue weighted by molar-refractivity contribution is -0.149. The van der Waals surface area contributed by atoms with Crippen molar-refractivity contribution in [3.63, 3.8) is 0 Å². The van der Waals surface area contributed by atoms with Crippen molar-refractivity contribution in [2.45, 2.75) is 72.4 Å². The summed E-state index contributed by atoms with van der Waals surface area (Å²) >= 11 is 0. The Balaban J connectivity index is 2.22. The molecule has 0 spiro atoms. The molecule has 27 heavy (non-hydrogen) atoms. The molecule has 2 fully saturated rings. The second-order valence-electron chi connectivity index (χ2n) is 9.07. The highest BCUT2D eigenvalue weighted by Gasteiger charge is 2.54. The lowest BCUT2D eigenvalue weighted by Crippen LogP contribution is -2.58. The average Bonchev–Trinajstić information content (AvgIpc) is 2.57. The maximum absolute atomic E-state index is 12.8. The quantitative estimate of drug-likeness (QED) is 0.713.